The van der Waals surface area contributed by atoms with Crippen LogP contribution in [0.4, 0.5) is 0 Å². The van der Waals surface area contributed by atoms with E-state index in [4.69, 9.17) is 33.0 Å². The second-order valence-corrected chi connectivity index (χ2v) is 11.4. The zero-order valence-electron chi connectivity index (χ0n) is 21.2. The fourth-order valence-corrected chi connectivity index (χ4v) is 5.83. The normalized spacial score (nSPS) is 12.2. The smallest absolute Gasteiger partial charge is 0.335 e. The first-order valence-corrected chi connectivity index (χ1v) is 14.2. The molecule has 0 aliphatic carbocycles. The lowest BCUT2D eigenvalue weighted by atomic mass is 10.1. The van der Waals surface area contributed by atoms with Crippen LogP contribution in [-0.4, -0.2) is 40.1 Å². The molecule has 0 aliphatic rings. The van der Waals surface area contributed by atoms with Crippen LogP contribution in [0.2, 0.25) is 10.0 Å². The Balaban J connectivity index is 1.53. The number of aromatic carboxylic acids is 1. The van der Waals surface area contributed by atoms with Gasteiger partial charge in [-0.1, -0.05) is 53.5 Å². The Hall–Kier alpha value is -2.94. The summed E-state index contributed by atoms with van der Waals surface area (Å²) in [4.78, 5) is 25.6. The van der Waals surface area contributed by atoms with E-state index in [1.807, 2.05) is 54.6 Å². The molecule has 0 unspecified atom stereocenters. The van der Waals surface area contributed by atoms with Crippen molar-refractivity contribution in [1.29, 1.82) is 0 Å². The van der Waals surface area contributed by atoms with Crippen molar-refractivity contribution in [1.82, 2.24) is 4.90 Å². The van der Waals surface area contributed by atoms with Gasteiger partial charge in [0.1, 0.15) is 0 Å². The molecule has 1 atom stereocenters. The summed E-state index contributed by atoms with van der Waals surface area (Å²) in [6.07, 6.45) is 1.09. The highest BCUT2D eigenvalue weighted by Gasteiger charge is 2.19. The SMILES string of the molecule is O=C(O)CCCCN(Cc1ccc(C(=O)O)cc1)C[C@H](OCc1cc2ccc(Cl)cc2s1)c1cccc(Cl)c1. The summed E-state index contributed by atoms with van der Waals surface area (Å²) in [7, 11) is 0. The van der Waals surface area contributed by atoms with Crippen molar-refractivity contribution >= 4 is 56.6 Å². The van der Waals surface area contributed by atoms with E-state index < -0.39 is 11.9 Å². The summed E-state index contributed by atoms with van der Waals surface area (Å²) >= 11 is 14.1. The molecule has 1 aromatic heterocycles. The molecular formula is C30H29Cl2NO5S. The molecule has 3 aromatic carbocycles. The second-order valence-electron chi connectivity index (χ2n) is 9.34. The summed E-state index contributed by atoms with van der Waals surface area (Å²) in [5, 5.41) is 20.7. The first-order chi connectivity index (χ1) is 18.8. The molecule has 4 aromatic rings. The summed E-state index contributed by atoms with van der Waals surface area (Å²) in [5.41, 5.74) is 2.14. The first kappa shape index (κ1) is 29.1. The number of ether oxygens (including phenoxy) is 1. The van der Waals surface area contributed by atoms with E-state index in [0.29, 0.717) is 49.1 Å². The number of thiophene rings is 1. The minimum absolute atomic E-state index is 0.116. The third-order valence-corrected chi connectivity index (χ3v) is 7.87. The molecule has 6 nitrogen and oxygen atoms in total. The average molecular weight is 587 g/mol. The second kappa shape index (κ2) is 13.9. The minimum atomic E-state index is -0.968. The predicted molar refractivity (Wildman–Crippen MR) is 156 cm³/mol. The molecule has 39 heavy (non-hydrogen) atoms. The van der Waals surface area contributed by atoms with Crippen LogP contribution in [0.1, 0.15) is 51.7 Å². The number of rotatable bonds is 14. The lowest BCUT2D eigenvalue weighted by Crippen LogP contribution is -2.30. The van der Waals surface area contributed by atoms with Crippen molar-refractivity contribution < 1.29 is 24.5 Å². The summed E-state index contributed by atoms with van der Waals surface area (Å²) in [5.74, 6) is -1.78. The number of unbranched alkanes of at least 4 members (excludes halogenated alkanes) is 1. The van der Waals surface area contributed by atoms with Crippen molar-refractivity contribution in [2.45, 2.75) is 38.5 Å². The van der Waals surface area contributed by atoms with E-state index in [2.05, 4.69) is 11.0 Å². The molecule has 0 aliphatic heterocycles. The van der Waals surface area contributed by atoms with Crippen molar-refractivity contribution in [2.75, 3.05) is 13.1 Å². The zero-order valence-corrected chi connectivity index (χ0v) is 23.5. The topological polar surface area (TPSA) is 87.1 Å². The summed E-state index contributed by atoms with van der Waals surface area (Å²) < 4.78 is 7.60. The number of hydrogen-bond donors (Lipinski definition) is 2. The Morgan fingerprint density at radius 3 is 2.41 bits per heavy atom. The Morgan fingerprint density at radius 2 is 1.69 bits per heavy atom. The molecule has 204 valence electrons. The molecule has 0 saturated heterocycles. The van der Waals surface area contributed by atoms with Crippen LogP contribution >= 0.6 is 34.5 Å². The van der Waals surface area contributed by atoms with Gasteiger partial charge in [-0.2, -0.15) is 0 Å². The van der Waals surface area contributed by atoms with E-state index in [1.165, 1.54) is 0 Å². The zero-order chi connectivity index (χ0) is 27.8. The van der Waals surface area contributed by atoms with Crippen LogP contribution in [0, 0.1) is 0 Å². The van der Waals surface area contributed by atoms with E-state index in [9.17, 15) is 14.7 Å². The van der Waals surface area contributed by atoms with Crippen molar-refractivity contribution in [3.8, 4) is 0 Å². The number of fused-ring (bicyclic) bond motifs is 1. The largest absolute Gasteiger partial charge is 0.481 e. The van der Waals surface area contributed by atoms with Gasteiger partial charge in [-0.25, -0.2) is 4.79 Å². The molecule has 0 amide bonds. The molecule has 0 radical (unpaired) electrons. The van der Waals surface area contributed by atoms with E-state index >= 15 is 0 Å². The summed E-state index contributed by atoms with van der Waals surface area (Å²) in [6, 6.07) is 22.4. The van der Waals surface area contributed by atoms with Gasteiger partial charge in [-0.3, -0.25) is 9.69 Å². The van der Waals surface area contributed by atoms with Gasteiger partial charge in [-0.15, -0.1) is 11.3 Å². The number of benzene rings is 3. The van der Waals surface area contributed by atoms with E-state index in [0.717, 1.165) is 26.1 Å². The van der Waals surface area contributed by atoms with Gasteiger partial charge in [0.05, 0.1) is 18.3 Å². The Kier molecular flexibility index (Phi) is 10.4. The van der Waals surface area contributed by atoms with Gasteiger partial charge in [0, 0.05) is 39.1 Å². The highest BCUT2D eigenvalue weighted by atomic mass is 35.5. The quantitative estimate of drug-likeness (QED) is 0.146. The van der Waals surface area contributed by atoms with Gasteiger partial charge in [0.15, 0.2) is 0 Å². The number of aliphatic carboxylic acids is 1. The lowest BCUT2D eigenvalue weighted by molar-refractivity contribution is -0.137. The number of carbonyl (C=O) groups is 2. The maximum Gasteiger partial charge on any atom is 0.335 e. The minimum Gasteiger partial charge on any atom is -0.481 e. The maximum atomic E-state index is 11.3. The fourth-order valence-electron chi connectivity index (χ4n) is 4.37. The van der Waals surface area contributed by atoms with Crippen LogP contribution in [0.3, 0.4) is 0 Å². The highest BCUT2D eigenvalue weighted by molar-refractivity contribution is 7.19. The third kappa shape index (κ3) is 8.78. The Morgan fingerprint density at radius 1 is 0.923 bits per heavy atom. The van der Waals surface area contributed by atoms with Crippen molar-refractivity contribution in [3.63, 3.8) is 0 Å². The molecule has 2 N–H and O–H groups in total. The Bertz CT molecular complexity index is 1420. The molecule has 9 heteroatoms. The number of hydrogen-bond acceptors (Lipinski definition) is 5. The van der Waals surface area contributed by atoms with Gasteiger partial charge in [-0.05, 0) is 78.4 Å². The number of carboxylic acid groups (broad SMARTS) is 2. The Labute approximate surface area is 241 Å². The molecule has 0 fully saturated rings. The van der Waals surface area contributed by atoms with Crippen LogP contribution in [0.25, 0.3) is 10.1 Å². The van der Waals surface area contributed by atoms with Gasteiger partial charge in [0.2, 0.25) is 0 Å². The van der Waals surface area contributed by atoms with Crippen LogP contribution < -0.4 is 0 Å². The number of halogens is 2. The fraction of sp³-hybridized carbons (Fsp3) is 0.267. The maximum absolute atomic E-state index is 11.3. The molecular weight excluding hydrogens is 557 g/mol. The summed E-state index contributed by atoms with van der Waals surface area (Å²) in [6.45, 7) is 2.18. The van der Waals surface area contributed by atoms with Gasteiger partial charge in [0.25, 0.3) is 0 Å². The molecule has 0 bridgehead atoms. The molecule has 0 saturated carbocycles. The predicted octanol–water partition coefficient (Wildman–Crippen LogP) is 7.92. The third-order valence-electron chi connectivity index (χ3n) is 6.33. The number of nitrogens with zero attached hydrogens (tertiary/aromatic N) is 1. The van der Waals surface area contributed by atoms with Crippen LogP contribution in [0.5, 0.6) is 0 Å². The van der Waals surface area contributed by atoms with Gasteiger partial charge < -0.3 is 14.9 Å². The molecule has 4 rings (SSSR count). The van der Waals surface area contributed by atoms with Crippen LogP contribution in [-0.2, 0) is 22.7 Å². The van der Waals surface area contributed by atoms with Crippen molar-refractivity contribution in [2.24, 2.45) is 0 Å². The first-order valence-electron chi connectivity index (χ1n) is 12.6. The standard InChI is InChI=1S/C30H29Cl2NO5S/c31-24-5-3-4-22(14-24)27(38-19-26-15-23-11-12-25(32)16-28(23)39-26)18-33(13-2-1-6-29(34)35)17-20-7-9-21(10-8-20)30(36)37/h3-5,7-12,14-16,27H,1-2,6,13,17-19H2,(H,34,35)(H,36,37)/t27-/m0/s1. The molecule has 0 spiro atoms. The lowest BCUT2D eigenvalue weighted by Gasteiger charge is -2.28. The van der Waals surface area contributed by atoms with E-state index in [1.54, 1.807) is 23.5 Å². The van der Waals surface area contributed by atoms with Crippen LogP contribution in [0.15, 0.2) is 72.8 Å². The molecule has 1 heterocycles. The average Bonchev–Trinajstić information content (AvgIpc) is 3.31. The number of carboxylic acids is 2. The highest BCUT2D eigenvalue weighted by Crippen LogP contribution is 2.31. The monoisotopic (exact) mass is 585 g/mol. The van der Waals surface area contributed by atoms with Gasteiger partial charge >= 0.3 is 11.9 Å². The van der Waals surface area contributed by atoms with E-state index in [-0.39, 0.29) is 18.1 Å². The van der Waals surface area contributed by atoms with Crippen molar-refractivity contribution in [3.05, 3.63) is 104 Å².